The number of benzene rings is 3. The Balaban J connectivity index is 1.30. The number of aromatic nitrogens is 6. The number of para-hydroxylation sites is 1. The molecule has 5 rings (SSSR count). The van der Waals surface area contributed by atoms with Crippen LogP contribution in [-0.4, -0.2) is 35.7 Å². The van der Waals surface area contributed by atoms with E-state index >= 15 is 0 Å². The summed E-state index contributed by atoms with van der Waals surface area (Å²) in [6.45, 7) is 2.14. The summed E-state index contributed by atoms with van der Waals surface area (Å²) in [5, 5.41) is 20.7. The number of rotatable bonds is 7. The minimum absolute atomic E-state index is 0.156. The van der Waals surface area contributed by atoms with Crippen LogP contribution in [0, 0.1) is 0 Å². The molecule has 0 aliphatic rings. The van der Waals surface area contributed by atoms with Gasteiger partial charge in [-0.05, 0) is 48.9 Å². The Morgan fingerprint density at radius 1 is 0.971 bits per heavy atom. The maximum atomic E-state index is 12.5. The fraction of sp³-hybridized carbons (Fsp3) is 0.115. The van der Waals surface area contributed by atoms with Crippen molar-refractivity contribution in [3.63, 3.8) is 0 Å². The van der Waals surface area contributed by atoms with Crippen LogP contribution in [0.4, 0.5) is 5.69 Å². The molecule has 35 heavy (non-hydrogen) atoms. The number of hydrogen-bond donors (Lipinski definition) is 1. The minimum Gasteiger partial charge on any atom is -0.322 e. The van der Waals surface area contributed by atoms with Gasteiger partial charge in [0.25, 0.3) is 5.91 Å². The molecule has 1 N–H and O–H groups in total. The molecule has 5 aromatic rings. The van der Waals surface area contributed by atoms with Gasteiger partial charge < -0.3 is 9.88 Å². The van der Waals surface area contributed by atoms with Gasteiger partial charge in [-0.2, -0.15) is 0 Å². The minimum atomic E-state index is -0.156. The van der Waals surface area contributed by atoms with Gasteiger partial charge in [0.2, 0.25) is 0 Å². The van der Waals surface area contributed by atoms with Crippen molar-refractivity contribution >= 4 is 23.4 Å². The van der Waals surface area contributed by atoms with Crippen LogP contribution in [0.1, 0.15) is 28.1 Å². The zero-order chi connectivity index (χ0) is 24.2. The number of carbonyl (C=O) groups is 1. The number of aryl methyl sites for hydroxylation is 1. The zero-order valence-electron chi connectivity index (χ0n) is 19.2. The predicted octanol–water partition coefficient (Wildman–Crippen LogP) is 5.17. The van der Waals surface area contributed by atoms with Crippen LogP contribution in [0.2, 0.25) is 0 Å². The van der Waals surface area contributed by atoms with E-state index in [0.29, 0.717) is 5.56 Å². The Labute approximate surface area is 207 Å². The predicted molar refractivity (Wildman–Crippen MR) is 136 cm³/mol. The summed E-state index contributed by atoms with van der Waals surface area (Å²) in [7, 11) is 1.94. The first kappa shape index (κ1) is 22.5. The summed E-state index contributed by atoms with van der Waals surface area (Å²) < 4.78 is 3.67. The Hall–Kier alpha value is -4.24. The monoisotopic (exact) mass is 481 g/mol. The van der Waals surface area contributed by atoms with Crippen LogP contribution in [0.25, 0.3) is 16.9 Å². The van der Waals surface area contributed by atoms with Gasteiger partial charge in [-0.1, -0.05) is 59.4 Å². The third kappa shape index (κ3) is 5.15. The second-order valence-electron chi connectivity index (χ2n) is 8.03. The van der Waals surface area contributed by atoms with Crippen LogP contribution < -0.4 is 5.32 Å². The summed E-state index contributed by atoms with van der Waals surface area (Å²) >= 11 is 1.65. The molecule has 9 heteroatoms. The quantitative estimate of drug-likeness (QED) is 0.323. The van der Waals surface area contributed by atoms with E-state index in [0.717, 1.165) is 33.4 Å². The maximum absolute atomic E-state index is 12.5. The van der Waals surface area contributed by atoms with Crippen LogP contribution in [0.5, 0.6) is 0 Å². The van der Waals surface area contributed by atoms with Crippen molar-refractivity contribution in [1.82, 2.24) is 29.8 Å². The molecule has 0 saturated carbocycles. The Kier molecular flexibility index (Phi) is 6.40. The van der Waals surface area contributed by atoms with Gasteiger partial charge in [-0.3, -0.25) is 4.79 Å². The second kappa shape index (κ2) is 9.94. The fourth-order valence-corrected chi connectivity index (χ4v) is 4.47. The number of carbonyl (C=O) groups excluding carboxylic acids is 1. The number of hydrogen-bond acceptors (Lipinski definition) is 6. The average molecular weight is 482 g/mol. The largest absolute Gasteiger partial charge is 0.322 e. The first-order chi connectivity index (χ1) is 17.1. The van der Waals surface area contributed by atoms with Crippen molar-refractivity contribution in [3.05, 3.63) is 103 Å². The zero-order valence-corrected chi connectivity index (χ0v) is 20.1. The van der Waals surface area contributed by atoms with Gasteiger partial charge in [0.1, 0.15) is 12.0 Å². The Bertz CT molecular complexity index is 1440. The highest BCUT2D eigenvalue weighted by molar-refractivity contribution is 7.99. The van der Waals surface area contributed by atoms with Gasteiger partial charge >= 0.3 is 0 Å². The van der Waals surface area contributed by atoms with Gasteiger partial charge in [-0.15, -0.1) is 15.3 Å². The highest BCUT2D eigenvalue weighted by atomic mass is 32.2. The normalized spacial score (nSPS) is 11.8. The number of nitrogens with one attached hydrogen (secondary N) is 1. The lowest BCUT2D eigenvalue weighted by molar-refractivity contribution is 0.102. The number of nitrogens with zero attached hydrogens (tertiary/aromatic N) is 6. The van der Waals surface area contributed by atoms with Crippen LogP contribution >= 0.6 is 11.8 Å². The van der Waals surface area contributed by atoms with E-state index in [1.54, 1.807) is 34.9 Å². The molecule has 0 radical (unpaired) electrons. The van der Waals surface area contributed by atoms with Crippen LogP contribution in [0.15, 0.2) is 96.5 Å². The first-order valence-electron chi connectivity index (χ1n) is 11.1. The van der Waals surface area contributed by atoms with E-state index in [2.05, 4.69) is 44.9 Å². The summed E-state index contributed by atoms with van der Waals surface area (Å²) in [6, 6.07) is 24.9. The van der Waals surface area contributed by atoms with E-state index in [1.807, 2.05) is 72.4 Å². The molecule has 2 heterocycles. The van der Waals surface area contributed by atoms with Crippen molar-refractivity contribution in [2.75, 3.05) is 5.32 Å². The molecule has 0 fully saturated rings. The lowest BCUT2D eigenvalue weighted by Crippen LogP contribution is -2.11. The van der Waals surface area contributed by atoms with Gasteiger partial charge in [0.15, 0.2) is 5.16 Å². The van der Waals surface area contributed by atoms with Crippen molar-refractivity contribution in [2.45, 2.75) is 17.3 Å². The molecule has 1 unspecified atom stereocenters. The lowest BCUT2D eigenvalue weighted by Gasteiger charge is -2.12. The van der Waals surface area contributed by atoms with E-state index < -0.39 is 0 Å². The molecule has 0 saturated heterocycles. The molecule has 8 nitrogen and oxygen atoms in total. The van der Waals surface area contributed by atoms with E-state index in [4.69, 9.17) is 0 Å². The molecular weight excluding hydrogens is 458 g/mol. The summed E-state index contributed by atoms with van der Waals surface area (Å²) in [4.78, 5) is 12.5. The second-order valence-corrected chi connectivity index (χ2v) is 9.33. The highest BCUT2D eigenvalue weighted by Crippen LogP contribution is 2.34. The summed E-state index contributed by atoms with van der Waals surface area (Å²) in [6.07, 6.45) is 3.59. The van der Waals surface area contributed by atoms with E-state index in [1.165, 1.54) is 0 Å². The van der Waals surface area contributed by atoms with E-state index in [-0.39, 0.29) is 11.2 Å². The van der Waals surface area contributed by atoms with Crippen LogP contribution in [0.3, 0.4) is 0 Å². The van der Waals surface area contributed by atoms with Crippen molar-refractivity contribution < 1.29 is 4.79 Å². The molecule has 0 spiro atoms. The van der Waals surface area contributed by atoms with Crippen molar-refractivity contribution in [3.8, 4) is 16.9 Å². The number of thioether (sulfide) groups is 1. The van der Waals surface area contributed by atoms with E-state index in [9.17, 15) is 4.79 Å². The first-order valence-corrected chi connectivity index (χ1v) is 11.9. The molecule has 0 aliphatic heterocycles. The average Bonchev–Trinajstić information content (AvgIpc) is 3.54. The molecule has 1 amide bonds. The van der Waals surface area contributed by atoms with Gasteiger partial charge in [0.05, 0.1) is 11.9 Å². The molecule has 2 aromatic heterocycles. The Morgan fingerprint density at radius 2 is 1.77 bits per heavy atom. The van der Waals surface area contributed by atoms with Crippen molar-refractivity contribution in [2.24, 2.45) is 7.05 Å². The fourth-order valence-electron chi connectivity index (χ4n) is 3.57. The maximum Gasteiger partial charge on any atom is 0.255 e. The number of amides is 1. The number of anilines is 1. The van der Waals surface area contributed by atoms with Gasteiger partial charge in [-0.25, -0.2) is 4.68 Å². The summed E-state index contributed by atoms with van der Waals surface area (Å²) in [5.41, 5.74) is 5.02. The third-order valence-electron chi connectivity index (χ3n) is 5.52. The molecule has 0 bridgehead atoms. The molecule has 174 valence electrons. The highest BCUT2D eigenvalue weighted by Gasteiger charge is 2.13. The Morgan fingerprint density at radius 3 is 2.51 bits per heavy atom. The topological polar surface area (TPSA) is 90.5 Å². The van der Waals surface area contributed by atoms with Crippen LogP contribution in [-0.2, 0) is 7.05 Å². The smallest absolute Gasteiger partial charge is 0.255 e. The lowest BCUT2D eigenvalue weighted by atomic mass is 10.1. The molecule has 3 aromatic carbocycles. The molecule has 1 atom stereocenters. The van der Waals surface area contributed by atoms with Gasteiger partial charge in [0, 0.05) is 29.1 Å². The molecular formula is C26H23N7OS. The van der Waals surface area contributed by atoms with Crippen molar-refractivity contribution in [1.29, 1.82) is 0 Å². The standard InChI is InChI=1S/C26H23N7OS/c1-18(35-26-30-27-17-32(26)2)21-7-6-10-23(15-21)33-16-24(29-31-33)19-11-13-20(14-12-19)25(34)28-22-8-4-3-5-9-22/h3-18H,1-2H3,(H,28,34). The third-order valence-corrected chi connectivity index (χ3v) is 6.73. The summed E-state index contributed by atoms with van der Waals surface area (Å²) in [5.74, 6) is -0.156. The molecule has 0 aliphatic carbocycles. The SMILES string of the molecule is CC(Sc1nncn1C)c1cccc(-n2cc(-c3ccc(C(=O)Nc4ccccc4)cc3)nn2)c1.